The Kier molecular flexibility index (Phi) is 2.93. The van der Waals surface area contributed by atoms with E-state index in [4.69, 9.17) is 10.8 Å². The van der Waals surface area contributed by atoms with Crippen LogP contribution in [0.5, 0.6) is 0 Å². The molecule has 2 heteroatoms. The van der Waals surface area contributed by atoms with Crippen LogP contribution in [-0.4, -0.2) is 11.7 Å². The van der Waals surface area contributed by atoms with Crippen LogP contribution in [0, 0.1) is 5.41 Å². The number of allylic oxidation sites excluding steroid dienone is 2. The van der Waals surface area contributed by atoms with Gasteiger partial charge >= 0.3 is 0 Å². The van der Waals surface area contributed by atoms with Gasteiger partial charge in [-0.3, -0.25) is 0 Å². The zero-order chi connectivity index (χ0) is 9.03. The number of nitrogens with two attached hydrogens (primary N) is 1. The van der Waals surface area contributed by atoms with Gasteiger partial charge in [0, 0.05) is 12.0 Å². The van der Waals surface area contributed by atoms with Crippen LogP contribution in [-0.2, 0) is 0 Å². The van der Waals surface area contributed by atoms with Gasteiger partial charge in [0.15, 0.2) is 0 Å². The maximum absolute atomic E-state index is 9.14. The Balaban J connectivity index is 2.66. The van der Waals surface area contributed by atoms with Crippen molar-refractivity contribution >= 4 is 0 Å². The molecule has 0 heterocycles. The second-order valence-electron chi connectivity index (χ2n) is 3.48. The molecule has 0 amide bonds. The van der Waals surface area contributed by atoms with Gasteiger partial charge in [-0.2, -0.15) is 0 Å². The lowest BCUT2D eigenvalue weighted by atomic mass is 9.78. The van der Waals surface area contributed by atoms with Gasteiger partial charge in [0.25, 0.3) is 0 Å². The van der Waals surface area contributed by atoms with E-state index in [0.717, 1.165) is 19.3 Å². The number of aliphatic hydroxyl groups is 1. The van der Waals surface area contributed by atoms with Crippen LogP contribution in [0.3, 0.4) is 0 Å². The molecule has 0 fully saturated rings. The van der Waals surface area contributed by atoms with Crippen LogP contribution < -0.4 is 5.73 Å². The van der Waals surface area contributed by atoms with Crippen molar-refractivity contribution in [2.24, 2.45) is 11.1 Å². The molecule has 0 bridgehead atoms. The van der Waals surface area contributed by atoms with Gasteiger partial charge in [0.1, 0.15) is 5.76 Å². The van der Waals surface area contributed by atoms with E-state index in [9.17, 15) is 0 Å². The van der Waals surface area contributed by atoms with E-state index in [-0.39, 0.29) is 5.41 Å². The average Bonchev–Trinajstić information content (AvgIpc) is 2.10. The highest BCUT2D eigenvalue weighted by molar-refractivity contribution is 5.21. The summed E-state index contributed by atoms with van der Waals surface area (Å²) in [6, 6.07) is 0. The van der Waals surface area contributed by atoms with Gasteiger partial charge in [-0.05, 0) is 25.0 Å². The molecule has 1 rings (SSSR count). The minimum absolute atomic E-state index is 0.112. The second kappa shape index (κ2) is 3.76. The predicted molar refractivity (Wildman–Crippen MR) is 50.9 cm³/mol. The summed E-state index contributed by atoms with van der Waals surface area (Å²) in [7, 11) is 0. The van der Waals surface area contributed by atoms with E-state index in [2.05, 4.69) is 6.92 Å². The zero-order valence-corrected chi connectivity index (χ0v) is 7.59. The summed E-state index contributed by atoms with van der Waals surface area (Å²) in [5.74, 6) is 0.371. The lowest BCUT2D eigenvalue weighted by Crippen LogP contribution is -2.29. The van der Waals surface area contributed by atoms with Crippen molar-refractivity contribution in [1.82, 2.24) is 0 Å². The highest BCUT2D eigenvalue weighted by Crippen LogP contribution is 2.32. The molecule has 3 N–H and O–H groups in total. The van der Waals surface area contributed by atoms with Crippen LogP contribution in [0.25, 0.3) is 0 Å². The van der Waals surface area contributed by atoms with Gasteiger partial charge < -0.3 is 10.8 Å². The minimum Gasteiger partial charge on any atom is -0.508 e. The van der Waals surface area contributed by atoms with Gasteiger partial charge in [-0.1, -0.05) is 19.4 Å². The first-order valence-corrected chi connectivity index (χ1v) is 4.51. The van der Waals surface area contributed by atoms with Crippen molar-refractivity contribution in [3.05, 3.63) is 24.0 Å². The third-order valence-corrected chi connectivity index (χ3v) is 2.48. The number of hydrogen-bond donors (Lipinski definition) is 2. The third-order valence-electron chi connectivity index (χ3n) is 2.48. The maximum atomic E-state index is 9.14. The Labute approximate surface area is 73.8 Å². The summed E-state index contributed by atoms with van der Waals surface area (Å²) in [6.45, 7) is 2.82. The van der Waals surface area contributed by atoms with Crippen LogP contribution in [0.15, 0.2) is 24.0 Å². The van der Waals surface area contributed by atoms with E-state index in [1.165, 1.54) is 0 Å². The van der Waals surface area contributed by atoms with Crippen molar-refractivity contribution in [3.63, 3.8) is 0 Å². The fourth-order valence-corrected chi connectivity index (χ4v) is 1.64. The molecule has 1 aliphatic rings. The smallest absolute Gasteiger partial charge is 0.111 e. The van der Waals surface area contributed by atoms with Gasteiger partial charge in [0.2, 0.25) is 0 Å². The summed E-state index contributed by atoms with van der Waals surface area (Å²) in [5.41, 5.74) is 5.82. The first kappa shape index (κ1) is 9.33. The molecule has 0 aromatic heterocycles. The molecule has 1 aliphatic carbocycles. The molecule has 0 radical (unpaired) electrons. The van der Waals surface area contributed by atoms with E-state index in [1.54, 1.807) is 6.08 Å². The standard InChI is InChI=1S/C10H17NO/c1-2-5-10(8-11)6-3-9(12)4-7-10/h3-4,6,12H,2,5,7-8,11H2,1H3. The summed E-state index contributed by atoms with van der Waals surface area (Å²) in [5, 5.41) is 9.14. The van der Waals surface area contributed by atoms with Crippen molar-refractivity contribution in [2.75, 3.05) is 6.54 Å². The maximum Gasteiger partial charge on any atom is 0.111 e. The Hall–Kier alpha value is -0.760. The number of aliphatic hydroxyl groups excluding tert-OH is 1. The largest absolute Gasteiger partial charge is 0.508 e. The Morgan fingerprint density at radius 1 is 1.67 bits per heavy atom. The number of rotatable bonds is 3. The molecular formula is C10H17NO. The molecule has 0 aromatic carbocycles. The van der Waals surface area contributed by atoms with Crippen molar-refractivity contribution in [1.29, 1.82) is 0 Å². The minimum atomic E-state index is 0.112. The number of hydrogen-bond acceptors (Lipinski definition) is 2. The fourth-order valence-electron chi connectivity index (χ4n) is 1.64. The van der Waals surface area contributed by atoms with Crippen molar-refractivity contribution in [3.8, 4) is 0 Å². The molecule has 1 atom stereocenters. The molecular weight excluding hydrogens is 150 g/mol. The predicted octanol–water partition coefficient (Wildman–Crippen LogP) is 2.13. The highest BCUT2D eigenvalue weighted by Gasteiger charge is 2.25. The van der Waals surface area contributed by atoms with Crippen molar-refractivity contribution in [2.45, 2.75) is 26.2 Å². The van der Waals surface area contributed by atoms with E-state index < -0.39 is 0 Å². The second-order valence-corrected chi connectivity index (χ2v) is 3.48. The van der Waals surface area contributed by atoms with Crippen LogP contribution >= 0.6 is 0 Å². The Morgan fingerprint density at radius 2 is 2.42 bits per heavy atom. The topological polar surface area (TPSA) is 46.2 Å². The summed E-state index contributed by atoms with van der Waals surface area (Å²) >= 11 is 0. The van der Waals surface area contributed by atoms with E-state index in [1.807, 2.05) is 12.2 Å². The Morgan fingerprint density at radius 3 is 2.83 bits per heavy atom. The average molecular weight is 167 g/mol. The summed E-state index contributed by atoms with van der Waals surface area (Å²) in [6.07, 6.45) is 8.76. The zero-order valence-electron chi connectivity index (χ0n) is 7.59. The van der Waals surface area contributed by atoms with E-state index >= 15 is 0 Å². The fraction of sp³-hybridized carbons (Fsp3) is 0.600. The van der Waals surface area contributed by atoms with Crippen LogP contribution in [0.1, 0.15) is 26.2 Å². The third kappa shape index (κ3) is 1.89. The summed E-state index contributed by atoms with van der Waals surface area (Å²) < 4.78 is 0. The molecule has 1 unspecified atom stereocenters. The summed E-state index contributed by atoms with van der Waals surface area (Å²) in [4.78, 5) is 0. The molecule has 0 aromatic rings. The van der Waals surface area contributed by atoms with Crippen LogP contribution in [0.2, 0.25) is 0 Å². The lowest BCUT2D eigenvalue weighted by molar-refractivity contribution is 0.339. The lowest BCUT2D eigenvalue weighted by Gasteiger charge is -2.29. The van der Waals surface area contributed by atoms with Crippen molar-refractivity contribution < 1.29 is 5.11 Å². The SMILES string of the molecule is CCCC1(CN)C=CC(O)=CC1. The monoisotopic (exact) mass is 167 g/mol. The molecule has 12 heavy (non-hydrogen) atoms. The molecule has 0 aliphatic heterocycles. The Bertz CT molecular complexity index is 208. The first-order valence-electron chi connectivity index (χ1n) is 4.51. The highest BCUT2D eigenvalue weighted by atomic mass is 16.3. The normalized spacial score (nSPS) is 28.7. The van der Waals surface area contributed by atoms with Gasteiger partial charge in [0.05, 0.1) is 0 Å². The molecule has 68 valence electrons. The molecule has 0 saturated heterocycles. The molecule has 0 saturated carbocycles. The van der Waals surface area contributed by atoms with Gasteiger partial charge in [-0.25, -0.2) is 0 Å². The first-order chi connectivity index (χ1) is 5.72. The van der Waals surface area contributed by atoms with Crippen LogP contribution in [0.4, 0.5) is 0 Å². The van der Waals surface area contributed by atoms with Gasteiger partial charge in [-0.15, -0.1) is 0 Å². The molecule has 2 nitrogen and oxygen atoms in total. The molecule has 0 spiro atoms. The quantitative estimate of drug-likeness (QED) is 0.676. The van der Waals surface area contributed by atoms with E-state index in [0.29, 0.717) is 12.3 Å².